The van der Waals surface area contributed by atoms with E-state index in [1.165, 1.54) is 54.5 Å². The quantitative estimate of drug-likeness (QED) is 0.0955. The molecule has 0 aliphatic heterocycles. The first-order valence-electron chi connectivity index (χ1n) is 14.7. The SMILES string of the molecule is COC(=O)c1c(NC(=O)C(C)Sc2cccc(NC(=O)/C(=C/c3ccccc3F)NC(=O)c3ccccc3)c2)sc2c1CCCC2. The fourth-order valence-corrected chi connectivity index (χ4v) is 7.19. The first-order chi connectivity index (χ1) is 22.2. The van der Waals surface area contributed by atoms with Crippen LogP contribution in [0.5, 0.6) is 0 Å². The Kier molecular flexibility index (Phi) is 10.7. The van der Waals surface area contributed by atoms with Crippen LogP contribution in [0.15, 0.2) is 89.5 Å². The number of nitrogens with one attached hydrogen (secondary N) is 3. The van der Waals surface area contributed by atoms with E-state index in [1.807, 2.05) is 0 Å². The number of aryl methyl sites for hydroxylation is 1. The molecule has 1 unspecified atom stereocenters. The molecule has 0 bridgehead atoms. The van der Waals surface area contributed by atoms with Crippen molar-refractivity contribution in [2.75, 3.05) is 17.7 Å². The van der Waals surface area contributed by atoms with Crippen molar-refractivity contribution in [1.82, 2.24) is 5.32 Å². The number of halogens is 1. The zero-order chi connectivity index (χ0) is 32.6. The van der Waals surface area contributed by atoms with Crippen molar-refractivity contribution >= 4 is 63.6 Å². The molecule has 0 saturated carbocycles. The summed E-state index contributed by atoms with van der Waals surface area (Å²) in [6, 6.07) is 21.2. The van der Waals surface area contributed by atoms with Crippen molar-refractivity contribution in [2.45, 2.75) is 42.8 Å². The standard InChI is InChI=1S/C35H32FN3O5S2/c1-21(31(40)39-34-30(35(43)44-2)26-16-7-9-18-29(26)46-34)45-25-15-10-14-24(20-25)37-33(42)28(19-23-13-6-8-17-27(23)36)38-32(41)22-11-4-3-5-12-22/h3-6,8,10-15,17,19-21H,7,9,16,18H2,1-2H3,(H,37,42)(H,38,41)(H,39,40)/b28-19-. The Morgan fingerprint density at radius 2 is 1.67 bits per heavy atom. The number of hydrogen-bond acceptors (Lipinski definition) is 7. The summed E-state index contributed by atoms with van der Waals surface area (Å²) < 4.78 is 19.5. The summed E-state index contributed by atoms with van der Waals surface area (Å²) in [6.07, 6.45) is 4.96. The number of methoxy groups -OCH3 is 1. The third-order valence-corrected chi connectivity index (χ3v) is 9.61. The first-order valence-corrected chi connectivity index (χ1v) is 16.4. The summed E-state index contributed by atoms with van der Waals surface area (Å²) >= 11 is 2.70. The molecular formula is C35H32FN3O5S2. The highest BCUT2D eigenvalue weighted by atomic mass is 32.2. The van der Waals surface area contributed by atoms with Crippen LogP contribution in [-0.2, 0) is 27.2 Å². The Labute approximate surface area is 274 Å². The number of anilines is 2. The van der Waals surface area contributed by atoms with Gasteiger partial charge in [0.25, 0.3) is 11.8 Å². The normalized spacial score (nSPS) is 13.2. The predicted molar refractivity (Wildman–Crippen MR) is 180 cm³/mol. The minimum absolute atomic E-state index is 0.132. The molecule has 0 radical (unpaired) electrons. The smallest absolute Gasteiger partial charge is 0.341 e. The average Bonchev–Trinajstić information content (AvgIpc) is 3.43. The van der Waals surface area contributed by atoms with E-state index in [0.717, 1.165) is 36.1 Å². The third-order valence-electron chi connectivity index (χ3n) is 7.31. The van der Waals surface area contributed by atoms with E-state index >= 15 is 0 Å². The van der Waals surface area contributed by atoms with Gasteiger partial charge in [-0.1, -0.05) is 42.5 Å². The minimum Gasteiger partial charge on any atom is -0.465 e. The highest BCUT2D eigenvalue weighted by molar-refractivity contribution is 8.00. The summed E-state index contributed by atoms with van der Waals surface area (Å²) in [4.78, 5) is 53.9. The fraction of sp³-hybridized carbons (Fsp3) is 0.200. The Balaban J connectivity index is 1.30. The van der Waals surface area contributed by atoms with Crippen LogP contribution in [0.2, 0.25) is 0 Å². The lowest BCUT2D eigenvalue weighted by atomic mass is 9.95. The van der Waals surface area contributed by atoms with Gasteiger partial charge >= 0.3 is 5.97 Å². The largest absolute Gasteiger partial charge is 0.465 e. The number of carbonyl (C=O) groups excluding carboxylic acids is 4. The zero-order valence-corrected chi connectivity index (χ0v) is 26.9. The lowest BCUT2D eigenvalue weighted by Gasteiger charge is -2.14. The summed E-state index contributed by atoms with van der Waals surface area (Å²) in [7, 11) is 1.33. The zero-order valence-electron chi connectivity index (χ0n) is 25.2. The number of rotatable bonds is 10. The second kappa shape index (κ2) is 15.0. The van der Waals surface area contributed by atoms with Gasteiger partial charge < -0.3 is 20.7 Å². The van der Waals surface area contributed by atoms with Gasteiger partial charge in [-0.3, -0.25) is 14.4 Å². The summed E-state index contributed by atoms with van der Waals surface area (Å²) in [5, 5.41) is 8.26. The van der Waals surface area contributed by atoms with Gasteiger partial charge in [0.05, 0.1) is 17.9 Å². The topological polar surface area (TPSA) is 114 Å². The van der Waals surface area contributed by atoms with Crippen LogP contribution in [0, 0.1) is 5.82 Å². The molecule has 4 aromatic rings. The minimum atomic E-state index is -0.655. The predicted octanol–water partition coefficient (Wildman–Crippen LogP) is 7.08. The van der Waals surface area contributed by atoms with E-state index in [-0.39, 0.29) is 17.2 Å². The third kappa shape index (κ3) is 7.91. The molecule has 1 aliphatic carbocycles. The number of thioether (sulfide) groups is 1. The van der Waals surface area contributed by atoms with Gasteiger partial charge in [0.15, 0.2) is 0 Å². The summed E-state index contributed by atoms with van der Waals surface area (Å²) in [6.45, 7) is 1.75. The molecule has 3 aromatic carbocycles. The molecule has 46 heavy (non-hydrogen) atoms. The number of fused-ring (bicyclic) bond motifs is 1. The highest BCUT2D eigenvalue weighted by Crippen LogP contribution is 2.39. The van der Waals surface area contributed by atoms with Crippen molar-refractivity contribution < 1.29 is 28.3 Å². The van der Waals surface area contributed by atoms with Gasteiger partial charge in [-0.05, 0) is 80.6 Å². The van der Waals surface area contributed by atoms with E-state index < -0.39 is 28.9 Å². The monoisotopic (exact) mass is 657 g/mol. The summed E-state index contributed by atoms with van der Waals surface area (Å²) in [5.41, 5.74) is 2.13. The van der Waals surface area contributed by atoms with Crippen molar-refractivity contribution in [3.8, 4) is 0 Å². The van der Waals surface area contributed by atoms with Gasteiger partial charge in [0, 0.05) is 26.6 Å². The van der Waals surface area contributed by atoms with E-state index in [1.54, 1.807) is 67.6 Å². The summed E-state index contributed by atoms with van der Waals surface area (Å²) in [5.74, 6) is -2.46. The Bertz CT molecular complexity index is 1800. The first kappa shape index (κ1) is 32.6. The Morgan fingerprint density at radius 1 is 0.935 bits per heavy atom. The van der Waals surface area contributed by atoms with Gasteiger partial charge in [0.2, 0.25) is 5.91 Å². The van der Waals surface area contributed by atoms with Crippen LogP contribution in [0.4, 0.5) is 15.1 Å². The Hall–Kier alpha value is -4.74. The number of carbonyl (C=O) groups is 4. The lowest BCUT2D eigenvalue weighted by molar-refractivity contribution is -0.115. The van der Waals surface area contributed by atoms with Crippen molar-refractivity contribution in [3.63, 3.8) is 0 Å². The molecular weight excluding hydrogens is 626 g/mol. The van der Waals surface area contributed by atoms with Gasteiger partial charge in [-0.25, -0.2) is 9.18 Å². The van der Waals surface area contributed by atoms with Crippen LogP contribution < -0.4 is 16.0 Å². The van der Waals surface area contributed by atoms with Gasteiger partial charge in [0.1, 0.15) is 16.5 Å². The number of esters is 1. The molecule has 1 aliphatic rings. The van der Waals surface area contributed by atoms with E-state index in [4.69, 9.17) is 4.74 Å². The van der Waals surface area contributed by atoms with Crippen LogP contribution in [0.1, 0.15) is 56.5 Å². The van der Waals surface area contributed by atoms with E-state index in [0.29, 0.717) is 26.7 Å². The highest BCUT2D eigenvalue weighted by Gasteiger charge is 2.28. The number of amides is 3. The molecule has 0 saturated heterocycles. The second-order valence-corrected chi connectivity index (χ2v) is 13.1. The van der Waals surface area contributed by atoms with Gasteiger partial charge in [-0.2, -0.15) is 0 Å². The maximum atomic E-state index is 14.5. The maximum absolute atomic E-state index is 14.5. The molecule has 3 N–H and O–H groups in total. The van der Waals surface area contributed by atoms with Crippen molar-refractivity contribution in [3.05, 3.63) is 118 Å². The van der Waals surface area contributed by atoms with Crippen LogP contribution in [-0.4, -0.2) is 36.1 Å². The van der Waals surface area contributed by atoms with Crippen molar-refractivity contribution in [2.24, 2.45) is 0 Å². The molecule has 11 heteroatoms. The molecule has 236 valence electrons. The molecule has 1 atom stereocenters. The number of ether oxygens (including phenoxy) is 1. The second-order valence-electron chi connectivity index (χ2n) is 10.5. The molecule has 0 spiro atoms. The molecule has 0 fully saturated rings. The number of hydrogen-bond donors (Lipinski definition) is 3. The van der Waals surface area contributed by atoms with E-state index in [2.05, 4.69) is 16.0 Å². The van der Waals surface area contributed by atoms with Crippen LogP contribution in [0.25, 0.3) is 6.08 Å². The van der Waals surface area contributed by atoms with E-state index in [9.17, 15) is 23.6 Å². The molecule has 3 amide bonds. The molecule has 1 heterocycles. The van der Waals surface area contributed by atoms with Crippen LogP contribution in [0.3, 0.4) is 0 Å². The Morgan fingerprint density at radius 3 is 2.43 bits per heavy atom. The van der Waals surface area contributed by atoms with Gasteiger partial charge in [-0.15, -0.1) is 23.1 Å². The molecule has 8 nitrogen and oxygen atoms in total. The maximum Gasteiger partial charge on any atom is 0.341 e. The average molecular weight is 658 g/mol. The lowest BCUT2D eigenvalue weighted by Crippen LogP contribution is -2.30. The molecule has 5 rings (SSSR count). The number of thiophene rings is 1. The number of benzene rings is 3. The fourth-order valence-electron chi connectivity index (χ4n) is 4.98. The van der Waals surface area contributed by atoms with Crippen LogP contribution >= 0.6 is 23.1 Å². The van der Waals surface area contributed by atoms with Crippen molar-refractivity contribution in [1.29, 1.82) is 0 Å². The molecule has 1 aromatic heterocycles.